The minimum Gasteiger partial charge on any atom is -0.322 e. The van der Waals surface area contributed by atoms with Crippen LogP contribution < -0.4 is 5.32 Å². The summed E-state index contributed by atoms with van der Waals surface area (Å²) in [5.41, 5.74) is -0.943. The predicted octanol–water partition coefficient (Wildman–Crippen LogP) is 5.92. The van der Waals surface area contributed by atoms with Gasteiger partial charge in [-0.05, 0) is 36.4 Å². The van der Waals surface area contributed by atoms with Crippen LogP contribution in [0.2, 0.25) is 15.1 Å². The highest BCUT2D eigenvalue weighted by atomic mass is 35.5. The van der Waals surface area contributed by atoms with Crippen molar-refractivity contribution in [3.63, 3.8) is 0 Å². The van der Waals surface area contributed by atoms with Gasteiger partial charge in [0.2, 0.25) is 0 Å². The number of rotatable bonds is 2. The Morgan fingerprint density at radius 1 is 0.909 bits per heavy atom. The zero-order valence-electron chi connectivity index (χ0n) is 10.6. The number of halogens is 6. The minimum absolute atomic E-state index is 0.178. The highest BCUT2D eigenvalue weighted by Gasteiger charge is 2.33. The normalized spacial score (nSPS) is 11.4. The Morgan fingerprint density at radius 2 is 1.55 bits per heavy atom. The number of alkyl halides is 3. The van der Waals surface area contributed by atoms with Crippen LogP contribution in [0.15, 0.2) is 36.4 Å². The van der Waals surface area contributed by atoms with E-state index < -0.39 is 22.7 Å². The van der Waals surface area contributed by atoms with E-state index in [-0.39, 0.29) is 10.6 Å². The maximum Gasteiger partial charge on any atom is 0.417 e. The van der Waals surface area contributed by atoms with E-state index in [1.807, 2.05) is 0 Å². The maximum absolute atomic E-state index is 12.8. The van der Waals surface area contributed by atoms with Gasteiger partial charge < -0.3 is 5.32 Å². The fourth-order valence-corrected chi connectivity index (χ4v) is 2.18. The van der Waals surface area contributed by atoms with E-state index in [9.17, 15) is 18.0 Å². The lowest BCUT2D eigenvalue weighted by atomic mass is 10.1. The molecule has 0 aromatic heterocycles. The van der Waals surface area contributed by atoms with E-state index in [2.05, 4.69) is 5.32 Å². The molecule has 0 bridgehead atoms. The Bertz CT molecular complexity index is 732. The van der Waals surface area contributed by atoms with E-state index in [1.54, 1.807) is 0 Å². The van der Waals surface area contributed by atoms with Crippen LogP contribution in [0.25, 0.3) is 0 Å². The van der Waals surface area contributed by atoms with Crippen molar-refractivity contribution in [2.45, 2.75) is 6.18 Å². The van der Waals surface area contributed by atoms with Gasteiger partial charge in [-0.3, -0.25) is 4.79 Å². The van der Waals surface area contributed by atoms with Crippen LogP contribution in [-0.2, 0) is 6.18 Å². The Kier molecular flexibility index (Phi) is 4.90. The molecule has 0 unspecified atom stereocenters. The van der Waals surface area contributed by atoms with Crippen LogP contribution in [0.3, 0.4) is 0 Å². The van der Waals surface area contributed by atoms with Gasteiger partial charge >= 0.3 is 6.18 Å². The average molecular weight is 369 g/mol. The van der Waals surface area contributed by atoms with Crippen LogP contribution in [0.1, 0.15) is 15.9 Å². The third kappa shape index (κ3) is 3.85. The first kappa shape index (κ1) is 16.9. The quantitative estimate of drug-likeness (QED) is 0.700. The molecule has 116 valence electrons. The van der Waals surface area contributed by atoms with Crippen molar-refractivity contribution >= 4 is 46.4 Å². The van der Waals surface area contributed by atoms with Crippen molar-refractivity contribution in [3.05, 3.63) is 62.6 Å². The van der Waals surface area contributed by atoms with Gasteiger partial charge in [-0.25, -0.2) is 0 Å². The zero-order chi connectivity index (χ0) is 16.5. The van der Waals surface area contributed by atoms with Crippen molar-refractivity contribution in [1.29, 1.82) is 0 Å². The van der Waals surface area contributed by atoms with Crippen molar-refractivity contribution in [3.8, 4) is 0 Å². The zero-order valence-corrected chi connectivity index (χ0v) is 12.9. The van der Waals surface area contributed by atoms with Crippen molar-refractivity contribution in [2.75, 3.05) is 5.32 Å². The summed E-state index contributed by atoms with van der Waals surface area (Å²) in [6, 6.07) is 7.24. The molecule has 0 aliphatic carbocycles. The SMILES string of the molecule is O=C(Nc1ccc(Cl)c(Cl)c1)c1ccc(Cl)c(C(F)(F)F)c1. The molecule has 0 radical (unpaired) electrons. The standard InChI is InChI=1S/C14H7Cl3F3NO/c15-10-3-1-7(5-9(10)14(18,19)20)13(22)21-8-2-4-11(16)12(17)6-8/h1-6H,(H,21,22). The highest BCUT2D eigenvalue weighted by molar-refractivity contribution is 6.42. The maximum atomic E-state index is 12.8. The van der Waals surface area contributed by atoms with Gasteiger partial charge in [0, 0.05) is 11.3 Å². The van der Waals surface area contributed by atoms with Gasteiger partial charge in [0.15, 0.2) is 0 Å². The summed E-state index contributed by atoms with van der Waals surface area (Å²) < 4.78 is 38.3. The average Bonchev–Trinajstić information content (AvgIpc) is 2.42. The monoisotopic (exact) mass is 367 g/mol. The van der Waals surface area contributed by atoms with Gasteiger partial charge in [-0.1, -0.05) is 34.8 Å². The van der Waals surface area contributed by atoms with Crippen molar-refractivity contribution < 1.29 is 18.0 Å². The van der Waals surface area contributed by atoms with Crippen LogP contribution in [0.5, 0.6) is 0 Å². The number of nitrogens with one attached hydrogen (secondary N) is 1. The predicted molar refractivity (Wildman–Crippen MR) is 80.9 cm³/mol. The summed E-state index contributed by atoms with van der Waals surface area (Å²) in [4.78, 5) is 12.0. The van der Waals surface area contributed by atoms with Gasteiger partial charge in [0.25, 0.3) is 5.91 Å². The first-order valence-corrected chi connectivity index (χ1v) is 6.95. The third-order valence-corrected chi connectivity index (χ3v) is 3.78. The van der Waals surface area contributed by atoms with Crippen molar-refractivity contribution in [1.82, 2.24) is 0 Å². The molecule has 0 aliphatic rings. The fraction of sp³-hybridized carbons (Fsp3) is 0.0714. The molecule has 2 nitrogen and oxygen atoms in total. The molecule has 0 spiro atoms. The van der Waals surface area contributed by atoms with Crippen LogP contribution >= 0.6 is 34.8 Å². The van der Waals surface area contributed by atoms with E-state index in [0.29, 0.717) is 16.8 Å². The smallest absolute Gasteiger partial charge is 0.322 e. The number of amides is 1. The molecule has 0 saturated carbocycles. The Labute approximate surface area is 138 Å². The lowest BCUT2D eigenvalue weighted by Crippen LogP contribution is -2.14. The van der Waals surface area contributed by atoms with Gasteiger partial charge in [0.05, 0.1) is 20.6 Å². The number of hydrogen-bond acceptors (Lipinski definition) is 1. The lowest BCUT2D eigenvalue weighted by molar-refractivity contribution is -0.137. The minimum atomic E-state index is -4.64. The molecule has 0 heterocycles. The second-order valence-corrected chi connectivity index (χ2v) is 5.50. The van der Waals surface area contributed by atoms with Crippen molar-refractivity contribution in [2.24, 2.45) is 0 Å². The fourth-order valence-electron chi connectivity index (χ4n) is 1.66. The molecule has 2 aromatic rings. The van der Waals surface area contributed by atoms with Crippen LogP contribution in [0, 0.1) is 0 Å². The molecule has 2 aromatic carbocycles. The summed E-state index contributed by atoms with van der Waals surface area (Å²) in [7, 11) is 0. The third-order valence-electron chi connectivity index (χ3n) is 2.71. The first-order chi connectivity index (χ1) is 10.2. The Balaban J connectivity index is 2.28. The summed E-state index contributed by atoms with van der Waals surface area (Å²) in [5.74, 6) is -0.722. The molecule has 2 rings (SSSR count). The second-order valence-electron chi connectivity index (χ2n) is 4.28. The Morgan fingerprint density at radius 3 is 2.14 bits per heavy atom. The van der Waals surface area contributed by atoms with E-state index in [4.69, 9.17) is 34.8 Å². The molecule has 0 atom stereocenters. The second kappa shape index (κ2) is 6.36. The van der Waals surface area contributed by atoms with Crippen LogP contribution in [-0.4, -0.2) is 5.91 Å². The number of carbonyl (C=O) groups excluding carboxylic acids is 1. The van der Waals surface area contributed by atoms with Crippen LogP contribution in [0.4, 0.5) is 18.9 Å². The highest BCUT2D eigenvalue weighted by Crippen LogP contribution is 2.35. The number of anilines is 1. The topological polar surface area (TPSA) is 29.1 Å². The molecule has 8 heteroatoms. The largest absolute Gasteiger partial charge is 0.417 e. The van der Waals surface area contributed by atoms with E-state index in [1.165, 1.54) is 24.3 Å². The first-order valence-electron chi connectivity index (χ1n) is 5.81. The molecule has 22 heavy (non-hydrogen) atoms. The number of hydrogen-bond donors (Lipinski definition) is 1. The van der Waals surface area contributed by atoms with Gasteiger partial charge in [-0.15, -0.1) is 0 Å². The van der Waals surface area contributed by atoms with E-state index >= 15 is 0 Å². The summed E-state index contributed by atoms with van der Waals surface area (Å²) in [5, 5.41) is 2.47. The summed E-state index contributed by atoms with van der Waals surface area (Å²) in [6.45, 7) is 0. The molecular weight excluding hydrogens is 362 g/mol. The Hall–Kier alpha value is -1.43. The molecule has 0 fully saturated rings. The molecule has 0 saturated heterocycles. The molecule has 1 amide bonds. The molecule has 1 N–H and O–H groups in total. The number of benzene rings is 2. The van der Waals surface area contributed by atoms with Gasteiger partial charge in [-0.2, -0.15) is 13.2 Å². The number of carbonyl (C=O) groups is 1. The molecular formula is C14H7Cl3F3NO. The summed E-state index contributed by atoms with van der Waals surface area (Å²) >= 11 is 17.0. The van der Waals surface area contributed by atoms with Gasteiger partial charge in [0.1, 0.15) is 0 Å². The summed E-state index contributed by atoms with van der Waals surface area (Å²) in [6.07, 6.45) is -4.64. The lowest BCUT2D eigenvalue weighted by Gasteiger charge is -2.11. The van der Waals surface area contributed by atoms with E-state index in [0.717, 1.165) is 6.07 Å². The molecule has 0 aliphatic heterocycles.